The largest absolute Gasteiger partial charge is 0.408 e. The van der Waals surface area contributed by atoms with E-state index in [9.17, 15) is 10.2 Å². The lowest BCUT2D eigenvalue weighted by Gasteiger charge is -2.50. The van der Waals surface area contributed by atoms with Crippen molar-refractivity contribution in [2.45, 2.75) is 75.7 Å². The minimum Gasteiger partial charge on any atom is -0.408 e. The van der Waals surface area contributed by atoms with Crippen LogP contribution in [0, 0.1) is 0 Å². The van der Waals surface area contributed by atoms with Crippen molar-refractivity contribution in [3.63, 3.8) is 0 Å². The summed E-state index contributed by atoms with van der Waals surface area (Å²) < 4.78 is 24.3. The molecule has 2 aliphatic rings. The van der Waals surface area contributed by atoms with Crippen LogP contribution in [-0.4, -0.2) is 62.3 Å². The molecule has 2 saturated heterocycles. The van der Waals surface area contributed by atoms with Gasteiger partial charge in [0.15, 0.2) is 14.6 Å². The highest BCUT2D eigenvalue weighted by Crippen LogP contribution is 2.41. The molecule has 2 heterocycles. The van der Waals surface area contributed by atoms with Gasteiger partial charge in [-0.05, 0) is 18.1 Å². The number of benzene rings is 1. The third-order valence-electron chi connectivity index (χ3n) is 5.94. The first-order chi connectivity index (χ1) is 12.6. The Kier molecular flexibility index (Phi) is 6.13. The number of aliphatic hydroxyl groups is 2. The molecule has 2 fully saturated rings. The van der Waals surface area contributed by atoms with Gasteiger partial charge < -0.3 is 28.8 Å². The van der Waals surface area contributed by atoms with Crippen molar-refractivity contribution in [1.29, 1.82) is 0 Å². The molecule has 0 bridgehead atoms. The van der Waals surface area contributed by atoms with Crippen molar-refractivity contribution in [3.8, 4) is 0 Å². The molecule has 0 saturated carbocycles. The minimum atomic E-state index is -2.17. The van der Waals surface area contributed by atoms with Crippen LogP contribution in [0.2, 0.25) is 18.1 Å². The van der Waals surface area contributed by atoms with Crippen LogP contribution in [0.3, 0.4) is 0 Å². The number of ether oxygens (including phenoxy) is 3. The first kappa shape index (κ1) is 20.9. The lowest BCUT2D eigenvalue weighted by atomic mass is 9.94. The molecule has 3 rings (SSSR count). The normalized spacial score (nSPS) is 34.9. The van der Waals surface area contributed by atoms with Crippen molar-refractivity contribution in [2.75, 3.05) is 13.2 Å². The van der Waals surface area contributed by atoms with Gasteiger partial charge in [-0.3, -0.25) is 0 Å². The Morgan fingerprint density at radius 1 is 1.15 bits per heavy atom. The first-order valence-electron chi connectivity index (χ1n) is 9.58. The maximum atomic E-state index is 11.1. The molecule has 2 aliphatic heterocycles. The lowest BCUT2D eigenvalue weighted by Crippen LogP contribution is -2.65. The van der Waals surface area contributed by atoms with Gasteiger partial charge in [0.2, 0.25) is 0 Å². The zero-order valence-corrected chi connectivity index (χ0v) is 17.8. The van der Waals surface area contributed by atoms with Crippen LogP contribution >= 0.6 is 0 Å². The maximum absolute atomic E-state index is 11.1. The molecule has 0 aromatic heterocycles. The van der Waals surface area contributed by atoms with Gasteiger partial charge >= 0.3 is 0 Å². The minimum absolute atomic E-state index is 0.0211. The molecule has 27 heavy (non-hydrogen) atoms. The van der Waals surface area contributed by atoms with Crippen LogP contribution in [-0.2, 0) is 18.6 Å². The molecule has 0 unspecified atom stereocenters. The van der Waals surface area contributed by atoms with Crippen LogP contribution in [0.15, 0.2) is 30.3 Å². The van der Waals surface area contributed by atoms with E-state index in [1.165, 1.54) is 0 Å². The molecule has 1 aromatic carbocycles. The lowest BCUT2D eigenvalue weighted by molar-refractivity contribution is -0.328. The van der Waals surface area contributed by atoms with Gasteiger partial charge in [0.25, 0.3) is 0 Å². The molecule has 0 aliphatic carbocycles. The fourth-order valence-corrected chi connectivity index (χ4v) is 4.59. The predicted molar refractivity (Wildman–Crippen MR) is 104 cm³/mol. The molecular formula is C20H32O6Si. The Hall–Kier alpha value is -0.803. The van der Waals surface area contributed by atoms with Gasteiger partial charge in [0.1, 0.15) is 30.5 Å². The van der Waals surface area contributed by atoms with Crippen molar-refractivity contribution in [3.05, 3.63) is 35.9 Å². The van der Waals surface area contributed by atoms with Crippen molar-refractivity contribution >= 4 is 8.32 Å². The smallest absolute Gasteiger partial charge is 0.192 e. The summed E-state index contributed by atoms with van der Waals surface area (Å²) in [4.78, 5) is 0. The highest BCUT2D eigenvalue weighted by atomic mass is 28.4. The second-order valence-electron chi connectivity index (χ2n) is 8.91. The number of hydrogen-bond acceptors (Lipinski definition) is 6. The molecule has 6 atom stereocenters. The van der Waals surface area contributed by atoms with Gasteiger partial charge in [-0.1, -0.05) is 51.1 Å². The molecule has 152 valence electrons. The molecule has 7 heteroatoms. The highest BCUT2D eigenvalue weighted by Gasteiger charge is 2.52. The summed E-state index contributed by atoms with van der Waals surface area (Å²) in [7, 11) is -2.17. The molecule has 6 nitrogen and oxygen atoms in total. The second kappa shape index (κ2) is 7.91. The third kappa shape index (κ3) is 4.29. The third-order valence-corrected chi connectivity index (χ3v) is 10.4. The quantitative estimate of drug-likeness (QED) is 0.762. The average Bonchev–Trinajstić information content (AvgIpc) is 2.63. The van der Waals surface area contributed by atoms with E-state index in [-0.39, 0.29) is 11.6 Å². The predicted octanol–water partition coefficient (Wildman–Crippen LogP) is 2.61. The summed E-state index contributed by atoms with van der Waals surface area (Å²) >= 11 is 0. The Bertz CT molecular complexity index is 617. The topological polar surface area (TPSA) is 77.4 Å². The van der Waals surface area contributed by atoms with Crippen molar-refractivity contribution in [1.82, 2.24) is 0 Å². The van der Waals surface area contributed by atoms with E-state index in [0.717, 1.165) is 5.56 Å². The molecular weight excluding hydrogens is 364 g/mol. The molecule has 1 aromatic rings. The van der Waals surface area contributed by atoms with E-state index in [1.54, 1.807) is 0 Å². The highest BCUT2D eigenvalue weighted by molar-refractivity contribution is 6.74. The van der Waals surface area contributed by atoms with Gasteiger partial charge in [-0.15, -0.1) is 0 Å². The van der Waals surface area contributed by atoms with E-state index in [0.29, 0.717) is 6.61 Å². The summed E-state index contributed by atoms with van der Waals surface area (Å²) in [5.41, 5.74) is 0.897. The summed E-state index contributed by atoms with van der Waals surface area (Å²) in [6.07, 6.45) is -3.68. The molecule has 0 spiro atoms. The summed E-state index contributed by atoms with van der Waals surface area (Å²) in [5, 5.41) is 20.9. The van der Waals surface area contributed by atoms with Crippen LogP contribution in [0.25, 0.3) is 0 Å². The molecule has 2 N–H and O–H groups in total. The van der Waals surface area contributed by atoms with Crippen LogP contribution in [0.5, 0.6) is 0 Å². The Balaban J connectivity index is 1.78. The summed E-state index contributed by atoms with van der Waals surface area (Å²) in [6.45, 7) is 10.7. The summed E-state index contributed by atoms with van der Waals surface area (Å²) in [6, 6.07) is 9.64. The van der Waals surface area contributed by atoms with E-state index in [2.05, 4.69) is 33.9 Å². The van der Waals surface area contributed by atoms with Crippen molar-refractivity contribution < 1.29 is 28.8 Å². The van der Waals surface area contributed by atoms with Gasteiger partial charge in [-0.25, -0.2) is 0 Å². The van der Waals surface area contributed by atoms with E-state index < -0.39 is 45.1 Å². The van der Waals surface area contributed by atoms with E-state index in [4.69, 9.17) is 18.6 Å². The first-order valence-corrected chi connectivity index (χ1v) is 12.5. The van der Waals surface area contributed by atoms with Gasteiger partial charge in [0, 0.05) is 5.56 Å². The SMILES string of the molecule is CC(C)(C)[Si](C)(C)O[C@@H]1[C@H](O)[C@@H]2O[C@H](c3ccccc3)OC[C@H]2O[C@H]1CO. The van der Waals surface area contributed by atoms with Crippen LogP contribution < -0.4 is 0 Å². The number of aliphatic hydroxyl groups excluding tert-OH is 2. The Morgan fingerprint density at radius 2 is 1.81 bits per heavy atom. The van der Waals surface area contributed by atoms with Crippen LogP contribution in [0.4, 0.5) is 0 Å². The standard InChI is InChI=1S/C20H32O6Si/c1-20(2,3)27(4,5)26-18-14(11-21)24-15-12-23-19(25-17(15)16(18)22)13-9-7-6-8-10-13/h6-10,14-19,21-22H,11-12H2,1-5H3/t14-,15+,16+,17+,18-,19+/m0/s1. The molecule has 0 amide bonds. The zero-order valence-electron chi connectivity index (χ0n) is 16.8. The fraction of sp³-hybridized carbons (Fsp3) is 0.700. The van der Waals surface area contributed by atoms with Gasteiger partial charge in [-0.2, -0.15) is 0 Å². The number of rotatable bonds is 4. The second-order valence-corrected chi connectivity index (χ2v) is 13.7. The van der Waals surface area contributed by atoms with E-state index in [1.807, 2.05) is 30.3 Å². The maximum Gasteiger partial charge on any atom is 0.192 e. The van der Waals surface area contributed by atoms with Gasteiger partial charge in [0.05, 0.1) is 13.2 Å². The Morgan fingerprint density at radius 3 is 2.41 bits per heavy atom. The number of hydrogen-bond donors (Lipinski definition) is 2. The number of fused-ring (bicyclic) bond motifs is 1. The van der Waals surface area contributed by atoms with E-state index >= 15 is 0 Å². The van der Waals surface area contributed by atoms with Crippen LogP contribution in [0.1, 0.15) is 32.6 Å². The molecule has 0 radical (unpaired) electrons. The fourth-order valence-electron chi connectivity index (χ4n) is 3.27. The monoisotopic (exact) mass is 396 g/mol. The Labute approximate surface area is 162 Å². The average molecular weight is 397 g/mol. The van der Waals surface area contributed by atoms with Crippen molar-refractivity contribution in [2.24, 2.45) is 0 Å². The zero-order chi connectivity index (χ0) is 19.8. The summed E-state index contributed by atoms with van der Waals surface area (Å²) in [5.74, 6) is 0.